The lowest BCUT2D eigenvalue weighted by atomic mass is 9.61. The first-order valence-electron chi connectivity index (χ1n) is 6.65. The second-order valence-electron chi connectivity index (χ2n) is 6.36. The lowest BCUT2D eigenvalue weighted by Crippen LogP contribution is -2.46. The highest BCUT2D eigenvalue weighted by Gasteiger charge is 2.52. The molecule has 0 radical (unpaired) electrons. The van der Waals surface area contributed by atoms with Gasteiger partial charge in [-0.05, 0) is 56.3 Å². The molecule has 0 spiro atoms. The Balaban J connectivity index is 2.26. The van der Waals surface area contributed by atoms with E-state index in [0.717, 1.165) is 32.0 Å². The van der Waals surface area contributed by atoms with Gasteiger partial charge in [-0.2, -0.15) is 0 Å². The van der Waals surface area contributed by atoms with Crippen LogP contribution in [-0.4, -0.2) is 17.0 Å². The molecule has 2 fully saturated rings. The minimum absolute atomic E-state index is 0.198. The van der Waals surface area contributed by atoms with Crippen molar-refractivity contribution in [3.63, 3.8) is 0 Å². The molecule has 2 aliphatic carbocycles. The van der Waals surface area contributed by atoms with Crippen molar-refractivity contribution in [2.45, 2.75) is 52.1 Å². The number of rotatable bonds is 2. The van der Waals surface area contributed by atoms with E-state index in [1.54, 1.807) is 0 Å². The molecule has 0 amide bonds. The van der Waals surface area contributed by atoms with Crippen LogP contribution in [0.15, 0.2) is 0 Å². The van der Waals surface area contributed by atoms with E-state index >= 15 is 0 Å². The zero-order valence-corrected chi connectivity index (χ0v) is 10.6. The third kappa shape index (κ3) is 1.81. The highest BCUT2D eigenvalue weighted by molar-refractivity contribution is 5.55. The van der Waals surface area contributed by atoms with E-state index in [-0.39, 0.29) is 5.92 Å². The highest BCUT2D eigenvalue weighted by atomic mass is 16.3. The molecular formula is C14H24O2. The summed E-state index contributed by atoms with van der Waals surface area (Å²) in [5.74, 6) is 2.24. The lowest BCUT2D eigenvalue weighted by molar-refractivity contribution is -0.118. The van der Waals surface area contributed by atoms with Gasteiger partial charge in [0.05, 0.1) is 5.60 Å². The number of carbonyl (C=O) groups excluding carboxylic acids is 1. The number of aliphatic hydroxyl groups is 1. The molecule has 0 aromatic carbocycles. The quantitative estimate of drug-likeness (QED) is 0.732. The Kier molecular flexibility index (Phi) is 3.13. The Morgan fingerprint density at radius 3 is 2.56 bits per heavy atom. The van der Waals surface area contributed by atoms with Crippen molar-refractivity contribution in [1.82, 2.24) is 0 Å². The molecule has 2 nitrogen and oxygen atoms in total. The van der Waals surface area contributed by atoms with Crippen LogP contribution < -0.4 is 0 Å². The standard InChI is InChI=1S/C14H24O2/c1-9(2)11-6-7-14(3,16)12-5-4-10(8-15)13(11)12/h8-13,16H,4-7H2,1-3H3. The normalized spacial score (nSPS) is 48.1. The van der Waals surface area contributed by atoms with E-state index < -0.39 is 5.60 Å². The van der Waals surface area contributed by atoms with Gasteiger partial charge in [-0.3, -0.25) is 0 Å². The fourth-order valence-corrected chi connectivity index (χ4v) is 4.17. The molecule has 0 aliphatic heterocycles. The van der Waals surface area contributed by atoms with Crippen LogP contribution in [0, 0.1) is 29.6 Å². The van der Waals surface area contributed by atoms with Crippen LogP contribution in [0.3, 0.4) is 0 Å². The van der Waals surface area contributed by atoms with Crippen LogP contribution in [0.5, 0.6) is 0 Å². The van der Waals surface area contributed by atoms with Crippen LogP contribution >= 0.6 is 0 Å². The van der Waals surface area contributed by atoms with Gasteiger partial charge in [-0.25, -0.2) is 0 Å². The van der Waals surface area contributed by atoms with E-state index in [9.17, 15) is 9.90 Å². The molecule has 0 aromatic rings. The highest BCUT2D eigenvalue weighted by Crippen LogP contribution is 2.54. The number of fused-ring (bicyclic) bond motifs is 1. The van der Waals surface area contributed by atoms with Gasteiger partial charge < -0.3 is 9.90 Å². The summed E-state index contributed by atoms with van der Waals surface area (Å²) in [5.41, 5.74) is -0.534. The molecule has 2 rings (SSSR count). The molecule has 0 bridgehead atoms. The van der Waals surface area contributed by atoms with E-state index in [1.807, 2.05) is 6.92 Å². The van der Waals surface area contributed by atoms with Crippen molar-refractivity contribution in [2.75, 3.05) is 0 Å². The largest absolute Gasteiger partial charge is 0.390 e. The number of hydrogen-bond donors (Lipinski definition) is 1. The van der Waals surface area contributed by atoms with Crippen molar-refractivity contribution >= 4 is 6.29 Å². The Hall–Kier alpha value is -0.370. The van der Waals surface area contributed by atoms with Crippen molar-refractivity contribution in [2.24, 2.45) is 29.6 Å². The summed E-state index contributed by atoms with van der Waals surface area (Å²) in [7, 11) is 0. The predicted octanol–water partition coefficient (Wildman–Crippen LogP) is 2.64. The van der Waals surface area contributed by atoms with Gasteiger partial charge >= 0.3 is 0 Å². The topological polar surface area (TPSA) is 37.3 Å². The van der Waals surface area contributed by atoms with Crippen molar-refractivity contribution in [3.05, 3.63) is 0 Å². The molecule has 1 N–H and O–H groups in total. The molecule has 16 heavy (non-hydrogen) atoms. The average Bonchev–Trinajstić information content (AvgIpc) is 2.62. The number of aldehydes is 1. The minimum Gasteiger partial charge on any atom is -0.390 e. The summed E-state index contributed by atoms with van der Waals surface area (Å²) in [6.45, 7) is 6.47. The van der Waals surface area contributed by atoms with Gasteiger partial charge in [0.25, 0.3) is 0 Å². The van der Waals surface area contributed by atoms with Crippen LogP contribution in [-0.2, 0) is 4.79 Å². The molecule has 0 heterocycles. The fraction of sp³-hybridized carbons (Fsp3) is 0.929. The third-order valence-corrected chi connectivity index (χ3v) is 5.08. The second-order valence-corrected chi connectivity index (χ2v) is 6.36. The van der Waals surface area contributed by atoms with Gasteiger partial charge in [0.2, 0.25) is 0 Å². The third-order valence-electron chi connectivity index (χ3n) is 5.08. The number of carbonyl (C=O) groups is 1. The first-order chi connectivity index (χ1) is 7.47. The van der Waals surface area contributed by atoms with Crippen molar-refractivity contribution in [1.29, 1.82) is 0 Å². The van der Waals surface area contributed by atoms with Crippen LogP contribution in [0.4, 0.5) is 0 Å². The maximum atomic E-state index is 11.2. The predicted molar refractivity (Wildman–Crippen MR) is 64.0 cm³/mol. The first-order valence-corrected chi connectivity index (χ1v) is 6.65. The van der Waals surface area contributed by atoms with E-state index in [1.165, 1.54) is 0 Å². The summed E-state index contributed by atoms with van der Waals surface area (Å²) < 4.78 is 0. The molecule has 0 saturated heterocycles. The maximum Gasteiger partial charge on any atom is 0.123 e. The van der Waals surface area contributed by atoms with Crippen LogP contribution in [0.25, 0.3) is 0 Å². The molecule has 0 aromatic heterocycles. The minimum atomic E-state index is -0.534. The van der Waals surface area contributed by atoms with Crippen molar-refractivity contribution < 1.29 is 9.90 Å². The summed E-state index contributed by atoms with van der Waals surface area (Å²) in [4.78, 5) is 11.2. The Bertz CT molecular complexity index is 270. The molecule has 2 aliphatic rings. The summed E-state index contributed by atoms with van der Waals surface area (Å²) in [6, 6.07) is 0. The SMILES string of the molecule is CC(C)C1CCC(C)(O)C2CCC(C=O)C12. The summed E-state index contributed by atoms with van der Waals surface area (Å²) in [5, 5.41) is 10.4. The summed E-state index contributed by atoms with van der Waals surface area (Å²) >= 11 is 0. The molecule has 92 valence electrons. The fourth-order valence-electron chi connectivity index (χ4n) is 4.17. The lowest BCUT2D eigenvalue weighted by Gasteiger charge is -2.46. The number of hydrogen-bond acceptors (Lipinski definition) is 2. The monoisotopic (exact) mass is 224 g/mol. The van der Waals surface area contributed by atoms with Crippen molar-refractivity contribution in [3.8, 4) is 0 Å². The van der Waals surface area contributed by atoms with Gasteiger partial charge in [-0.15, -0.1) is 0 Å². The molecule has 2 heteroatoms. The second kappa shape index (κ2) is 4.14. The maximum absolute atomic E-state index is 11.2. The van der Waals surface area contributed by atoms with Gasteiger partial charge in [0, 0.05) is 5.92 Å². The average molecular weight is 224 g/mol. The van der Waals surface area contributed by atoms with Crippen LogP contribution in [0.1, 0.15) is 46.5 Å². The van der Waals surface area contributed by atoms with E-state index in [4.69, 9.17) is 0 Å². The van der Waals surface area contributed by atoms with E-state index in [0.29, 0.717) is 23.7 Å². The molecule has 5 unspecified atom stereocenters. The smallest absolute Gasteiger partial charge is 0.123 e. The zero-order valence-electron chi connectivity index (χ0n) is 10.6. The molecular weight excluding hydrogens is 200 g/mol. The van der Waals surface area contributed by atoms with E-state index in [2.05, 4.69) is 13.8 Å². The van der Waals surface area contributed by atoms with Gasteiger partial charge in [-0.1, -0.05) is 13.8 Å². The van der Waals surface area contributed by atoms with Gasteiger partial charge in [0.1, 0.15) is 6.29 Å². The Labute approximate surface area is 98.4 Å². The van der Waals surface area contributed by atoms with Gasteiger partial charge in [0.15, 0.2) is 0 Å². The van der Waals surface area contributed by atoms with Crippen LogP contribution in [0.2, 0.25) is 0 Å². The Morgan fingerprint density at radius 2 is 2.00 bits per heavy atom. The first kappa shape index (κ1) is 12.1. The zero-order chi connectivity index (χ0) is 11.9. The Morgan fingerprint density at radius 1 is 1.31 bits per heavy atom. The molecule has 5 atom stereocenters. The molecule has 2 saturated carbocycles. The summed E-state index contributed by atoms with van der Waals surface area (Å²) in [6.07, 6.45) is 5.14.